The number of nitrogens with two attached hydrogens (primary N) is 1. The number of ether oxygens (including phenoxy) is 1. The second-order valence-corrected chi connectivity index (χ2v) is 7.58. The quantitative estimate of drug-likeness (QED) is 0.681. The van der Waals surface area contributed by atoms with Gasteiger partial charge in [0, 0.05) is 49.1 Å². The van der Waals surface area contributed by atoms with Gasteiger partial charge in [-0.05, 0) is 38.1 Å². The highest BCUT2D eigenvalue weighted by molar-refractivity contribution is 5.93. The van der Waals surface area contributed by atoms with Crippen LogP contribution in [0.15, 0.2) is 48.7 Å². The summed E-state index contributed by atoms with van der Waals surface area (Å²) in [6.07, 6.45) is 2.03. The van der Waals surface area contributed by atoms with Crippen molar-refractivity contribution in [3.05, 3.63) is 71.2 Å². The first-order valence-corrected chi connectivity index (χ1v) is 10.3. The molecule has 0 spiro atoms. The van der Waals surface area contributed by atoms with Crippen molar-refractivity contribution in [1.82, 2.24) is 19.7 Å². The Morgan fingerprint density at radius 1 is 1.27 bits per heavy atom. The Morgan fingerprint density at radius 3 is 2.87 bits per heavy atom. The van der Waals surface area contributed by atoms with Gasteiger partial charge in [0.15, 0.2) is 0 Å². The van der Waals surface area contributed by atoms with E-state index in [0.29, 0.717) is 12.2 Å². The predicted octanol–water partition coefficient (Wildman–Crippen LogP) is 2.95. The molecular formula is C23H27N5O2. The van der Waals surface area contributed by atoms with Gasteiger partial charge >= 0.3 is 0 Å². The van der Waals surface area contributed by atoms with Crippen LogP contribution >= 0.6 is 0 Å². The summed E-state index contributed by atoms with van der Waals surface area (Å²) in [5.74, 6) is -0.444. The molecule has 1 amide bonds. The lowest BCUT2D eigenvalue weighted by Gasteiger charge is -2.32. The van der Waals surface area contributed by atoms with Gasteiger partial charge in [-0.25, -0.2) is 0 Å². The number of rotatable bonds is 6. The number of nitrogens with zero attached hydrogens (tertiary/aromatic N) is 4. The lowest BCUT2D eigenvalue weighted by molar-refractivity contribution is -0.0350. The van der Waals surface area contributed by atoms with Crippen molar-refractivity contribution >= 4 is 5.91 Å². The lowest BCUT2D eigenvalue weighted by Crippen LogP contribution is -2.38. The Bertz CT molecular complexity index is 1050. The fourth-order valence-corrected chi connectivity index (χ4v) is 3.77. The Morgan fingerprint density at radius 2 is 2.10 bits per heavy atom. The first-order chi connectivity index (χ1) is 14.5. The SMILES string of the molecule is CCn1cc(CN2CCOC(c3cccc(-c4cccc(C(N)=O)c4)n3)C2)c(C)n1. The fraction of sp³-hybridized carbons (Fsp3) is 0.348. The van der Waals surface area contributed by atoms with Gasteiger partial charge in [-0.3, -0.25) is 19.4 Å². The van der Waals surface area contributed by atoms with E-state index >= 15 is 0 Å². The number of aromatic nitrogens is 3. The monoisotopic (exact) mass is 405 g/mol. The standard InChI is InChI=1S/C23H27N5O2/c1-3-28-14-19(16(2)26-28)13-27-10-11-30-22(15-27)21-9-5-8-20(25-21)17-6-4-7-18(12-17)23(24)29/h4-9,12,14,22H,3,10-11,13,15H2,1-2H3,(H2,24,29). The summed E-state index contributed by atoms with van der Waals surface area (Å²) in [4.78, 5) is 18.7. The second kappa shape index (κ2) is 8.77. The third-order valence-corrected chi connectivity index (χ3v) is 5.46. The van der Waals surface area contributed by atoms with Crippen LogP contribution in [0.5, 0.6) is 0 Å². The molecular weight excluding hydrogens is 378 g/mol. The maximum absolute atomic E-state index is 11.5. The summed E-state index contributed by atoms with van der Waals surface area (Å²) in [5.41, 5.74) is 10.8. The summed E-state index contributed by atoms with van der Waals surface area (Å²) in [7, 11) is 0. The smallest absolute Gasteiger partial charge is 0.248 e. The second-order valence-electron chi connectivity index (χ2n) is 7.58. The first kappa shape index (κ1) is 20.3. The van der Waals surface area contributed by atoms with Crippen LogP contribution in [0.25, 0.3) is 11.3 Å². The van der Waals surface area contributed by atoms with Crippen LogP contribution in [0, 0.1) is 6.92 Å². The number of hydrogen-bond donors (Lipinski definition) is 1. The molecule has 2 aromatic heterocycles. The maximum atomic E-state index is 11.5. The third-order valence-electron chi connectivity index (χ3n) is 5.46. The van der Waals surface area contributed by atoms with Gasteiger partial charge in [0.05, 0.1) is 23.7 Å². The molecule has 7 heteroatoms. The molecule has 30 heavy (non-hydrogen) atoms. The normalized spacial score (nSPS) is 17.2. The Kier molecular flexibility index (Phi) is 5.92. The Balaban J connectivity index is 1.51. The molecule has 1 fully saturated rings. The molecule has 1 aliphatic heterocycles. The number of pyridine rings is 1. The summed E-state index contributed by atoms with van der Waals surface area (Å²) in [5, 5.41) is 4.55. The molecule has 1 saturated heterocycles. The van der Waals surface area contributed by atoms with Crippen LogP contribution in [0.2, 0.25) is 0 Å². The van der Waals surface area contributed by atoms with Crippen LogP contribution in [0.4, 0.5) is 0 Å². The summed E-state index contributed by atoms with van der Waals surface area (Å²) in [6, 6.07) is 13.1. The molecule has 1 unspecified atom stereocenters. The molecule has 4 rings (SSSR count). The topological polar surface area (TPSA) is 86.3 Å². The van der Waals surface area contributed by atoms with E-state index in [0.717, 1.165) is 48.8 Å². The van der Waals surface area contributed by atoms with Gasteiger partial charge in [0.2, 0.25) is 5.91 Å². The molecule has 1 aliphatic rings. The number of amides is 1. The predicted molar refractivity (Wildman–Crippen MR) is 115 cm³/mol. The van der Waals surface area contributed by atoms with Crippen molar-refractivity contribution in [3.63, 3.8) is 0 Å². The number of carbonyl (C=O) groups excluding carboxylic acids is 1. The van der Waals surface area contributed by atoms with Crippen molar-refractivity contribution in [2.24, 2.45) is 5.73 Å². The largest absolute Gasteiger partial charge is 0.369 e. The lowest BCUT2D eigenvalue weighted by atomic mass is 10.1. The number of hydrogen-bond acceptors (Lipinski definition) is 5. The van der Waals surface area contributed by atoms with E-state index in [4.69, 9.17) is 15.5 Å². The maximum Gasteiger partial charge on any atom is 0.248 e. The van der Waals surface area contributed by atoms with E-state index in [1.165, 1.54) is 5.56 Å². The molecule has 2 N–H and O–H groups in total. The number of aryl methyl sites for hydroxylation is 2. The zero-order valence-corrected chi connectivity index (χ0v) is 17.4. The van der Waals surface area contributed by atoms with Gasteiger partial charge in [-0.15, -0.1) is 0 Å². The van der Waals surface area contributed by atoms with E-state index in [2.05, 4.69) is 30.0 Å². The highest BCUT2D eigenvalue weighted by atomic mass is 16.5. The summed E-state index contributed by atoms with van der Waals surface area (Å²) in [6.45, 7) is 8.20. The summed E-state index contributed by atoms with van der Waals surface area (Å²) >= 11 is 0. The van der Waals surface area contributed by atoms with Crippen LogP contribution in [0.1, 0.15) is 40.3 Å². The minimum absolute atomic E-state index is 0.0976. The highest BCUT2D eigenvalue weighted by Gasteiger charge is 2.24. The van der Waals surface area contributed by atoms with Gasteiger partial charge in [0.25, 0.3) is 0 Å². The summed E-state index contributed by atoms with van der Waals surface area (Å²) < 4.78 is 8.02. The van der Waals surface area contributed by atoms with Crippen LogP contribution in [-0.4, -0.2) is 45.3 Å². The third kappa shape index (κ3) is 4.42. The average molecular weight is 406 g/mol. The average Bonchev–Trinajstić information content (AvgIpc) is 3.13. The molecule has 0 aliphatic carbocycles. The molecule has 3 aromatic rings. The van der Waals surface area contributed by atoms with Crippen molar-refractivity contribution in [1.29, 1.82) is 0 Å². The minimum Gasteiger partial charge on any atom is -0.369 e. The van der Waals surface area contributed by atoms with E-state index in [1.54, 1.807) is 12.1 Å². The van der Waals surface area contributed by atoms with Gasteiger partial charge in [-0.2, -0.15) is 5.10 Å². The minimum atomic E-state index is -0.444. The molecule has 156 valence electrons. The van der Waals surface area contributed by atoms with Crippen molar-refractivity contribution < 1.29 is 9.53 Å². The number of morpholine rings is 1. The Labute approximate surface area is 176 Å². The van der Waals surface area contributed by atoms with Gasteiger partial charge < -0.3 is 10.5 Å². The molecule has 3 heterocycles. The molecule has 0 saturated carbocycles. The van der Waals surface area contributed by atoms with Crippen molar-refractivity contribution in [3.8, 4) is 11.3 Å². The van der Waals surface area contributed by atoms with E-state index in [9.17, 15) is 4.79 Å². The highest BCUT2D eigenvalue weighted by Crippen LogP contribution is 2.25. The van der Waals surface area contributed by atoms with E-state index < -0.39 is 5.91 Å². The zero-order valence-electron chi connectivity index (χ0n) is 17.4. The van der Waals surface area contributed by atoms with Crippen molar-refractivity contribution in [2.45, 2.75) is 33.0 Å². The number of benzene rings is 1. The molecule has 1 atom stereocenters. The number of primary amides is 1. The van der Waals surface area contributed by atoms with Crippen LogP contribution in [0.3, 0.4) is 0 Å². The molecule has 0 radical (unpaired) electrons. The molecule has 7 nitrogen and oxygen atoms in total. The van der Waals surface area contributed by atoms with Crippen molar-refractivity contribution in [2.75, 3.05) is 19.7 Å². The van der Waals surface area contributed by atoms with Gasteiger partial charge in [-0.1, -0.05) is 18.2 Å². The first-order valence-electron chi connectivity index (χ1n) is 10.3. The van der Waals surface area contributed by atoms with E-state index in [1.807, 2.05) is 35.0 Å². The fourth-order valence-electron chi connectivity index (χ4n) is 3.77. The van der Waals surface area contributed by atoms with E-state index in [-0.39, 0.29) is 6.10 Å². The molecule has 0 bridgehead atoms. The van der Waals surface area contributed by atoms with Gasteiger partial charge in [0.1, 0.15) is 6.10 Å². The Hall–Kier alpha value is -3.03. The van der Waals surface area contributed by atoms with Crippen LogP contribution in [-0.2, 0) is 17.8 Å². The van der Waals surface area contributed by atoms with Crippen LogP contribution < -0.4 is 5.73 Å². The zero-order chi connectivity index (χ0) is 21.1. The number of carbonyl (C=O) groups is 1. The molecule has 1 aromatic carbocycles.